The van der Waals surface area contributed by atoms with Crippen LogP contribution in [0, 0.1) is 11.8 Å². The van der Waals surface area contributed by atoms with Crippen molar-refractivity contribution in [2.24, 2.45) is 0 Å². The van der Waals surface area contributed by atoms with E-state index in [2.05, 4.69) is 16.8 Å². The summed E-state index contributed by atoms with van der Waals surface area (Å²) in [6, 6.07) is 1.69. The first-order valence-corrected chi connectivity index (χ1v) is 4.92. The molecule has 1 aromatic rings. The highest BCUT2D eigenvalue weighted by Crippen LogP contribution is 2.27. The van der Waals surface area contributed by atoms with E-state index in [0.29, 0.717) is 11.1 Å². The Morgan fingerprint density at radius 1 is 1.50 bits per heavy atom. The third kappa shape index (κ3) is 2.94. The van der Waals surface area contributed by atoms with Crippen LogP contribution in [0.3, 0.4) is 0 Å². The van der Waals surface area contributed by atoms with Gasteiger partial charge in [0.05, 0.1) is 5.56 Å². The summed E-state index contributed by atoms with van der Waals surface area (Å²) in [6.45, 7) is -0.218. The van der Waals surface area contributed by atoms with Crippen molar-refractivity contribution in [2.45, 2.75) is 6.29 Å². The molecule has 5 heteroatoms. The minimum atomic E-state index is -0.621. The van der Waals surface area contributed by atoms with E-state index in [1.807, 2.05) is 0 Å². The zero-order valence-corrected chi connectivity index (χ0v) is 9.78. The molecule has 0 bridgehead atoms. The summed E-state index contributed by atoms with van der Waals surface area (Å²) in [4.78, 5) is 3.94. The molecule has 1 rings (SSSR count). The molecule has 16 heavy (non-hydrogen) atoms. The van der Waals surface area contributed by atoms with Crippen LogP contribution in [0.1, 0.15) is 17.4 Å². The first-order chi connectivity index (χ1) is 7.74. The number of pyridine rings is 1. The maximum Gasteiger partial charge on any atom is 0.187 e. The molecule has 0 atom stereocenters. The van der Waals surface area contributed by atoms with Crippen molar-refractivity contribution >= 4 is 11.6 Å². The van der Waals surface area contributed by atoms with Crippen LogP contribution in [0.5, 0.6) is 0 Å². The highest BCUT2D eigenvalue weighted by atomic mass is 35.5. The Bertz CT molecular complexity index is 407. The van der Waals surface area contributed by atoms with Crippen molar-refractivity contribution in [2.75, 3.05) is 20.8 Å². The molecule has 0 fully saturated rings. The fourth-order valence-electron chi connectivity index (χ4n) is 1.25. The molecular weight excluding hydrogens is 230 g/mol. The van der Waals surface area contributed by atoms with Crippen LogP contribution in [-0.4, -0.2) is 30.9 Å². The number of aliphatic hydroxyl groups is 1. The standard InChI is InChI=1S/C11H12ClNO3/c1-15-11(16-2)9-8(4-3-7-14)5-6-13-10(9)12/h5-6,11,14H,7H2,1-2H3. The fourth-order valence-corrected chi connectivity index (χ4v) is 1.49. The number of methoxy groups -OCH3 is 2. The van der Waals surface area contributed by atoms with Crippen LogP contribution in [-0.2, 0) is 9.47 Å². The van der Waals surface area contributed by atoms with Crippen LogP contribution in [0.25, 0.3) is 0 Å². The van der Waals surface area contributed by atoms with Crippen LogP contribution in [0.4, 0.5) is 0 Å². The highest BCUT2D eigenvalue weighted by molar-refractivity contribution is 6.30. The van der Waals surface area contributed by atoms with E-state index >= 15 is 0 Å². The summed E-state index contributed by atoms with van der Waals surface area (Å²) in [7, 11) is 3.00. The summed E-state index contributed by atoms with van der Waals surface area (Å²) in [5.74, 6) is 5.31. The molecule has 0 radical (unpaired) electrons. The minimum absolute atomic E-state index is 0.218. The number of hydrogen-bond acceptors (Lipinski definition) is 4. The van der Waals surface area contributed by atoms with Gasteiger partial charge in [-0.1, -0.05) is 23.4 Å². The van der Waals surface area contributed by atoms with Gasteiger partial charge >= 0.3 is 0 Å². The van der Waals surface area contributed by atoms with Crippen molar-refractivity contribution in [1.82, 2.24) is 4.98 Å². The Labute approximate surface area is 99.2 Å². The van der Waals surface area contributed by atoms with Crippen LogP contribution >= 0.6 is 11.6 Å². The molecule has 0 unspecified atom stereocenters. The zero-order chi connectivity index (χ0) is 12.0. The van der Waals surface area contributed by atoms with Crippen molar-refractivity contribution in [3.05, 3.63) is 28.5 Å². The predicted octanol–water partition coefficient (Wildman–Crippen LogP) is 1.37. The quantitative estimate of drug-likeness (QED) is 0.493. The summed E-state index contributed by atoms with van der Waals surface area (Å²) < 4.78 is 10.2. The lowest BCUT2D eigenvalue weighted by Crippen LogP contribution is -2.07. The molecule has 0 amide bonds. The number of halogens is 1. The molecule has 1 N–H and O–H groups in total. The molecule has 0 aliphatic rings. The van der Waals surface area contributed by atoms with E-state index in [-0.39, 0.29) is 11.8 Å². The van der Waals surface area contributed by atoms with Gasteiger partial charge in [-0.05, 0) is 6.07 Å². The molecule has 1 heterocycles. The second-order valence-electron chi connectivity index (χ2n) is 2.83. The first kappa shape index (κ1) is 12.9. The van der Waals surface area contributed by atoms with Gasteiger partial charge in [0.15, 0.2) is 6.29 Å². The maximum absolute atomic E-state index is 8.66. The molecular formula is C11H12ClNO3. The molecule has 0 aliphatic carbocycles. The van der Waals surface area contributed by atoms with E-state index in [1.165, 1.54) is 20.4 Å². The van der Waals surface area contributed by atoms with E-state index in [0.717, 1.165) is 0 Å². The molecule has 86 valence electrons. The monoisotopic (exact) mass is 241 g/mol. The Morgan fingerprint density at radius 3 is 2.75 bits per heavy atom. The minimum Gasteiger partial charge on any atom is -0.384 e. The van der Waals surface area contributed by atoms with Gasteiger partial charge < -0.3 is 14.6 Å². The largest absolute Gasteiger partial charge is 0.384 e. The van der Waals surface area contributed by atoms with Crippen LogP contribution in [0.15, 0.2) is 12.3 Å². The smallest absolute Gasteiger partial charge is 0.187 e. The van der Waals surface area contributed by atoms with E-state index in [9.17, 15) is 0 Å². The third-order valence-electron chi connectivity index (χ3n) is 1.91. The Hall–Kier alpha value is -1.12. The van der Waals surface area contributed by atoms with Crippen LogP contribution in [0.2, 0.25) is 5.15 Å². The number of rotatable bonds is 3. The maximum atomic E-state index is 8.66. The van der Waals surface area contributed by atoms with Gasteiger partial charge in [0.25, 0.3) is 0 Å². The number of hydrogen-bond donors (Lipinski definition) is 1. The van der Waals surface area contributed by atoms with Crippen molar-refractivity contribution in [3.8, 4) is 11.8 Å². The van der Waals surface area contributed by atoms with Gasteiger partial charge in [0.2, 0.25) is 0 Å². The molecule has 0 saturated heterocycles. The van der Waals surface area contributed by atoms with Gasteiger partial charge in [-0.15, -0.1) is 0 Å². The normalized spacial score (nSPS) is 10.1. The van der Waals surface area contributed by atoms with Crippen molar-refractivity contribution in [1.29, 1.82) is 0 Å². The molecule has 0 aromatic carbocycles. The number of ether oxygens (including phenoxy) is 2. The topological polar surface area (TPSA) is 51.6 Å². The van der Waals surface area contributed by atoms with Crippen molar-refractivity contribution < 1.29 is 14.6 Å². The lowest BCUT2D eigenvalue weighted by atomic mass is 10.1. The average Bonchev–Trinajstić information content (AvgIpc) is 2.30. The summed E-state index contributed by atoms with van der Waals surface area (Å²) >= 11 is 5.96. The number of aliphatic hydroxyl groups excluding tert-OH is 1. The Kier molecular flexibility index (Phi) is 5.23. The second kappa shape index (κ2) is 6.46. The summed E-state index contributed by atoms with van der Waals surface area (Å²) in [5, 5.41) is 8.93. The molecule has 1 aromatic heterocycles. The number of aromatic nitrogens is 1. The first-order valence-electron chi connectivity index (χ1n) is 4.54. The summed E-state index contributed by atoms with van der Waals surface area (Å²) in [6.07, 6.45) is 0.916. The third-order valence-corrected chi connectivity index (χ3v) is 2.21. The zero-order valence-electron chi connectivity index (χ0n) is 9.03. The van der Waals surface area contributed by atoms with E-state index in [1.54, 1.807) is 6.07 Å². The molecule has 0 saturated carbocycles. The van der Waals surface area contributed by atoms with Gasteiger partial charge in [-0.3, -0.25) is 0 Å². The SMILES string of the molecule is COC(OC)c1c(C#CCO)ccnc1Cl. The van der Waals surface area contributed by atoms with Gasteiger partial charge in [-0.25, -0.2) is 4.98 Å². The lowest BCUT2D eigenvalue weighted by Gasteiger charge is -2.16. The lowest BCUT2D eigenvalue weighted by molar-refractivity contribution is -0.106. The molecule has 0 spiro atoms. The van der Waals surface area contributed by atoms with E-state index < -0.39 is 6.29 Å². The predicted molar refractivity (Wildman–Crippen MR) is 60.0 cm³/mol. The van der Waals surface area contributed by atoms with Crippen molar-refractivity contribution in [3.63, 3.8) is 0 Å². The van der Waals surface area contributed by atoms with Gasteiger partial charge in [-0.2, -0.15) is 0 Å². The Balaban J connectivity index is 3.22. The molecule has 0 aliphatic heterocycles. The fraction of sp³-hybridized carbons (Fsp3) is 0.364. The molecule has 4 nitrogen and oxygen atoms in total. The second-order valence-corrected chi connectivity index (χ2v) is 3.18. The Morgan fingerprint density at radius 2 is 2.19 bits per heavy atom. The number of nitrogens with zero attached hydrogens (tertiary/aromatic N) is 1. The highest BCUT2D eigenvalue weighted by Gasteiger charge is 2.17. The van der Waals surface area contributed by atoms with Gasteiger partial charge in [0.1, 0.15) is 11.8 Å². The average molecular weight is 242 g/mol. The van der Waals surface area contributed by atoms with E-state index in [4.69, 9.17) is 26.2 Å². The summed E-state index contributed by atoms with van der Waals surface area (Å²) in [5.41, 5.74) is 1.19. The van der Waals surface area contributed by atoms with Crippen LogP contribution < -0.4 is 0 Å². The van der Waals surface area contributed by atoms with Gasteiger partial charge in [0, 0.05) is 26.0 Å².